The number of ether oxygens (including phenoxy) is 1. The van der Waals surface area contributed by atoms with E-state index in [2.05, 4.69) is 50.1 Å². The van der Waals surface area contributed by atoms with Gasteiger partial charge in [-0.25, -0.2) is 4.98 Å². The van der Waals surface area contributed by atoms with Crippen molar-refractivity contribution in [2.45, 2.75) is 12.6 Å². The highest BCUT2D eigenvalue weighted by Crippen LogP contribution is 2.24. The third-order valence-corrected chi connectivity index (χ3v) is 4.53. The van der Waals surface area contributed by atoms with Gasteiger partial charge in [-0.1, -0.05) is 28.1 Å². The molecule has 0 spiro atoms. The zero-order valence-corrected chi connectivity index (χ0v) is 12.9. The number of hydrogen-bond donors (Lipinski definition) is 0. The Morgan fingerprint density at radius 2 is 2.21 bits per heavy atom. The predicted molar refractivity (Wildman–Crippen MR) is 80.2 cm³/mol. The summed E-state index contributed by atoms with van der Waals surface area (Å²) in [6, 6.07) is 8.39. The van der Waals surface area contributed by atoms with Gasteiger partial charge in [0.1, 0.15) is 5.01 Å². The summed E-state index contributed by atoms with van der Waals surface area (Å²) in [5.74, 6) is 0. The van der Waals surface area contributed by atoms with E-state index in [1.807, 2.05) is 11.6 Å². The molecule has 0 unspecified atom stereocenters. The van der Waals surface area contributed by atoms with Crippen molar-refractivity contribution in [3.8, 4) is 0 Å². The first kappa shape index (κ1) is 13.2. The van der Waals surface area contributed by atoms with Crippen LogP contribution >= 0.6 is 27.3 Å². The molecule has 1 atom stereocenters. The van der Waals surface area contributed by atoms with Crippen LogP contribution in [0.2, 0.25) is 0 Å². The highest BCUT2D eigenvalue weighted by Gasteiger charge is 2.22. The Hall–Kier alpha value is -0.750. The molecule has 5 heteroatoms. The third-order valence-electron chi connectivity index (χ3n) is 3.23. The van der Waals surface area contributed by atoms with Gasteiger partial charge in [-0.2, -0.15) is 0 Å². The van der Waals surface area contributed by atoms with Crippen LogP contribution in [0.4, 0.5) is 0 Å². The fourth-order valence-electron chi connectivity index (χ4n) is 2.25. The Balaban J connectivity index is 1.66. The van der Waals surface area contributed by atoms with E-state index in [9.17, 15) is 0 Å². The summed E-state index contributed by atoms with van der Waals surface area (Å²) in [5.41, 5.74) is 1.24. The summed E-state index contributed by atoms with van der Waals surface area (Å²) in [6.45, 7) is 3.62. The normalized spacial score (nSPS) is 20.6. The lowest BCUT2D eigenvalue weighted by molar-refractivity contribution is -0.0329. The van der Waals surface area contributed by atoms with Crippen molar-refractivity contribution in [1.29, 1.82) is 0 Å². The van der Waals surface area contributed by atoms with E-state index >= 15 is 0 Å². The van der Waals surface area contributed by atoms with Crippen LogP contribution in [0.25, 0.3) is 0 Å². The van der Waals surface area contributed by atoms with Gasteiger partial charge in [0.15, 0.2) is 0 Å². The molecule has 0 aliphatic carbocycles. The molecule has 2 aromatic rings. The Morgan fingerprint density at radius 3 is 2.95 bits per heavy atom. The van der Waals surface area contributed by atoms with Gasteiger partial charge in [0.05, 0.1) is 19.3 Å². The van der Waals surface area contributed by atoms with Crippen molar-refractivity contribution in [2.24, 2.45) is 0 Å². The second-order valence-corrected chi connectivity index (χ2v) is 6.47. The first-order chi connectivity index (χ1) is 9.31. The lowest BCUT2D eigenvalue weighted by Crippen LogP contribution is -2.37. The van der Waals surface area contributed by atoms with Crippen molar-refractivity contribution >= 4 is 27.3 Å². The van der Waals surface area contributed by atoms with Gasteiger partial charge in [0.2, 0.25) is 0 Å². The minimum atomic E-state index is 0.168. The summed E-state index contributed by atoms with van der Waals surface area (Å²) in [5, 5.41) is 3.21. The van der Waals surface area contributed by atoms with E-state index in [-0.39, 0.29) is 6.10 Å². The SMILES string of the molecule is Brc1ccc([C@H]2CN(Cc3nccs3)CCO2)cc1. The van der Waals surface area contributed by atoms with E-state index in [0.29, 0.717) is 0 Å². The number of hydrogen-bond acceptors (Lipinski definition) is 4. The van der Waals surface area contributed by atoms with Gasteiger partial charge in [0, 0.05) is 29.1 Å². The van der Waals surface area contributed by atoms with Crippen molar-refractivity contribution in [1.82, 2.24) is 9.88 Å². The number of benzene rings is 1. The van der Waals surface area contributed by atoms with Crippen molar-refractivity contribution in [2.75, 3.05) is 19.7 Å². The van der Waals surface area contributed by atoms with Crippen LogP contribution in [0, 0.1) is 0 Å². The number of rotatable bonds is 3. The molecular weight excluding hydrogens is 324 g/mol. The molecule has 2 heterocycles. The highest BCUT2D eigenvalue weighted by molar-refractivity contribution is 9.10. The molecule has 0 N–H and O–H groups in total. The topological polar surface area (TPSA) is 25.4 Å². The molecule has 1 aliphatic heterocycles. The molecular formula is C14H15BrN2OS. The zero-order chi connectivity index (χ0) is 13.1. The van der Waals surface area contributed by atoms with E-state index in [0.717, 1.165) is 30.7 Å². The van der Waals surface area contributed by atoms with Crippen LogP contribution < -0.4 is 0 Å². The molecule has 0 amide bonds. The molecule has 1 aromatic carbocycles. The molecule has 0 bridgehead atoms. The lowest BCUT2D eigenvalue weighted by Gasteiger charge is -2.32. The molecule has 1 aromatic heterocycles. The molecule has 100 valence electrons. The Kier molecular flexibility index (Phi) is 4.28. The molecule has 0 saturated carbocycles. The summed E-state index contributed by atoms with van der Waals surface area (Å²) in [6.07, 6.45) is 2.04. The van der Waals surface area contributed by atoms with Gasteiger partial charge >= 0.3 is 0 Å². The fourth-order valence-corrected chi connectivity index (χ4v) is 3.17. The van der Waals surface area contributed by atoms with Crippen molar-refractivity contribution < 1.29 is 4.74 Å². The van der Waals surface area contributed by atoms with Crippen LogP contribution in [-0.2, 0) is 11.3 Å². The first-order valence-corrected chi connectivity index (χ1v) is 7.96. The first-order valence-electron chi connectivity index (χ1n) is 6.29. The zero-order valence-electron chi connectivity index (χ0n) is 10.5. The molecule has 19 heavy (non-hydrogen) atoms. The van der Waals surface area contributed by atoms with Gasteiger partial charge in [-0.05, 0) is 17.7 Å². The van der Waals surface area contributed by atoms with Crippen LogP contribution in [0.3, 0.4) is 0 Å². The van der Waals surface area contributed by atoms with Gasteiger partial charge < -0.3 is 4.74 Å². The molecule has 3 nitrogen and oxygen atoms in total. The Morgan fingerprint density at radius 1 is 1.37 bits per heavy atom. The van der Waals surface area contributed by atoms with Gasteiger partial charge in [0.25, 0.3) is 0 Å². The maximum absolute atomic E-state index is 5.88. The quantitative estimate of drug-likeness (QED) is 0.856. The minimum absolute atomic E-state index is 0.168. The second-order valence-electron chi connectivity index (χ2n) is 4.57. The van der Waals surface area contributed by atoms with Crippen molar-refractivity contribution in [3.05, 3.63) is 50.9 Å². The summed E-state index contributed by atoms with van der Waals surface area (Å²) in [4.78, 5) is 6.76. The smallest absolute Gasteiger partial charge is 0.107 e. The number of morpholine rings is 1. The highest BCUT2D eigenvalue weighted by atomic mass is 79.9. The Bertz CT molecular complexity index is 515. The second kappa shape index (κ2) is 6.13. The average Bonchev–Trinajstić information content (AvgIpc) is 2.93. The third kappa shape index (κ3) is 3.42. The molecule has 1 saturated heterocycles. The molecule has 1 aliphatic rings. The van der Waals surface area contributed by atoms with E-state index < -0.39 is 0 Å². The number of halogens is 1. The maximum Gasteiger partial charge on any atom is 0.107 e. The van der Waals surface area contributed by atoms with Gasteiger partial charge in [-0.3, -0.25) is 4.90 Å². The summed E-state index contributed by atoms with van der Waals surface area (Å²) >= 11 is 5.18. The molecule has 0 radical (unpaired) electrons. The van der Waals surface area contributed by atoms with Crippen LogP contribution in [0.15, 0.2) is 40.3 Å². The van der Waals surface area contributed by atoms with Crippen LogP contribution in [0.5, 0.6) is 0 Å². The van der Waals surface area contributed by atoms with Crippen LogP contribution in [-0.4, -0.2) is 29.6 Å². The summed E-state index contributed by atoms with van der Waals surface area (Å²) < 4.78 is 6.98. The fraction of sp³-hybridized carbons (Fsp3) is 0.357. The largest absolute Gasteiger partial charge is 0.371 e. The number of nitrogens with zero attached hydrogens (tertiary/aromatic N) is 2. The molecule has 3 rings (SSSR count). The average molecular weight is 339 g/mol. The van der Waals surface area contributed by atoms with Gasteiger partial charge in [-0.15, -0.1) is 11.3 Å². The monoisotopic (exact) mass is 338 g/mol. The van der Waals surface area contributed by atoms with E-state index in [1.54, 1.807) is 11.3 Å². The number of thiazole rings is 1. The molecule has 1 fully saturated rings. The summed E-state index contributed by atoms with van der Waals surface area (Å²) in [7, 11) is 0. The van der Waals surface area contributed by atoms with E-state index in [4.69, 9.17) is 4.74 Å². The number of aromatic nitrogens is 1. The standard InChI is InChI=1S/C14H15BrN2OS/c15-12-3-1-11(2-4-12)13-9-17(6-7-18-13)10-14-16-5-8-19-14/h1-5,8,13H,6-7,9-10H2/t13-/m1/s1. The minimum Gasteiger partial charge on any atom is -0.371 e. The predicted octanol–water partition coefficient (Wildman–Crippen LogP) is 3.48. The van der Waals surface area contributed by atoms with Crippen LogP contribution in [0.1, 0.15) is 16.7 Å². The maximum atomic E-state index is 5.88. The van der Waals surface area contributed by atoms with Crippen molar-refractivity contribution in [3.63, 3.8) is 0 Å². The van der Waals surface area contributed by atoms with E-state index in [1.165, 1.54) is 10.6 Å². The Labute approximate surface area is 125 Å². The lowest BCUT2D eigenvalue weighted by atomic mass is 10.1.